The minimum absolute atomic E-state index is 0.0974. The second-order valence-corrected chi connectivity index (χ2v) is 6.82. The summed E-state index contributed by atoms with van der Waals surface area (Å²) >= 11 is 5.92. The fraction of sp³-hybridized carbons (Fsp3) is 0.300. The van der Waals surface area contributed by atoms with Gasteiger partial charge in [-0.15, -0.1) is 0 Å². The van der Waals surface area contributed by atoms with Gasteiger partial charge in [-0.05, 0) is 23.3 Å². The third-order valence-corrected chi connectivity index (χ3v) is 4.57. The van der Waals surface area contributed by atoms with Crippen LogP contribution in [0.4, 0.5) is 0 Å². The third-order valence-electron chi connectivity index (χ3n) is 4.33. The number of nitrogens with one attached hydrogen (secondary N) is 1. The van der Waals surface area contributed by atoms with Crippen LogP contribution in [-0.2, 0) is 11.3 Å². The maximum absolute atomic E-state index is 12.0. The molecule has 0 aromatic heterocycles. The molecule has 2 aromatic carbocycles. The molecule has 6 heteroatoms. The summed E-state index contributed by atoms with van der Waals surface area (Å²) in [5.41, 5.74) is 4.76. The average molecular weight is 371 g/mol. The van der Waals surface area contributed by atoms with Crippen LogP contribution >= 0.6 is 11.6 Å². The molecule has 1 aliphatic heterocycles. The van der Waals surface area contributed by atoms with Gasteiger partial charge in [0.25, 0.3) is 5.91 Å². The first-order valence-corrected chi connectivity index (χ1v) is 9.13. The van der Waals surface area contributed by atoms with Crippen LogP contribution in [-0.4, -0.2) is 54.6 Å². The summed E-state index contributed by atoms with van der Waals surface area (Å²) in [7, 11) is 0. The maximum atomic E-state index is 12.0. The van der Waals surface area contributed by atoms with Gasteiger partial charge in [-0.25, -0.2) is 5.43 Å². The summed E-state index contributed by atoms with van der Waals surface area (Å²) in [5.74, 6) is -0.0974. The van der Waals surface area contributed by atoms with Gasteiger partial charge in [-0.1, -0.05) is 54.1 Å². The van der Waals surface area contributed by atoms with Gasteiger partial charge in [0.1, 0.15) is 0 Å². The van der Waals surface area contributed by atoms with E-state index in [2.05, 4.69) is 44.6 Å². The van der Waals surface area contributed by atoms with Crippen molar-refractivity contribution in [1.29, 1.82) is 0 Å². The number of piperazine rings is 1. The van der Waals surface area contributed by atoms with E-state index in [1.54, 1.807) is 18.3 Å². The quantitative estimate of drug-likeness (QED) is 0.628. The molecule has 0 bridgehead atoms. The van der Waals surface area contributed by atoms with E-state index in [1.807, 2.05) is 18.2 Å². The van der Waals surface area contributed by atoms with E-state index in [-0.39, 0.29) is 5.91 Å². The molecule has 0 radical (unpaired) electrons. The van der Waals surface area contributed by atoms with Crippen LogP contribution < -0.4 is 5.43 Å². The summed E-state index contributed by atoms with van der Waals surface area (Å²) in [5, 5.41) is 4.65. The number of carbonyl (C=O) groups is 1. The molecule has 1 saturated heterocycles. The number of benzene rings is 2. The average Bonchev–Trinajstić information content (AvgIpc) is 2.64. The van der Waals surface area contributed by atoms with Crippen molar-refractivity contribution in [2.24, 2.45) is 5.10 Å². The molecule has 3 rings (SSSR count). The SMILES string of the molecule is O=C(CN1CCN(Cc2ccccc2)CC1)NN=Cc1cccc(Cl)c1. The number of hydrogen-bond acceptors (Lipinski definition) is 4. The highest BCUT2D eigenvalue weighted by Crippen LogP contribution is 2.09. The number of carbonyl (C=O) groups excluding carboxylic acids is 1. The van der Waals surface area contributed by atoms with Crippen LogP contribution in [0.1, 0.15) is 11.1 Å². The third kappa shape index (κ3) is 5.95. The van der Waals surface area contributed by atoms with Gasteiger partial charge >= 0.3 is 0 Å². The Morgan fingerprint density at radius 1 is 1.04 bits per heavy atom. The lowest BCUT2D eigenvalue weighted by atomic mass is 10.2. The predicted molar refractivity (Wildman–Crippen MR) is 105 cm³/mol. The van der Waals surface area contributed by atoms with Gasteiger partial charge in [-0.3, -0.25) is 14.6 Å². The van der Waals surface area contributed by atoms with E-state index in [9.17, 15) is 4.79 Å². The smallest absolute Gasteiger partial charge is 0.254 e. The molecule has 26 heavy (non-hydrogen) atoms. The van der Waals surface area contributed by atoms with Crippen molar-refractivity contribution in [2.75, 3.05) is 32.7 Å². The Bertz CT molecular complexity index is 742. The van der Waals surface area contributed by atoms with Crippen LogP contribution in [0.25, 0.3) is 0 Å². The summed E-state index contributed by atoms with van der Waals surface area (Å²) in [6, 6.07) is 17.8. The van der Waals surface area contributed by atoms with Crippen molar-refractivity contribution in [1.82, 2.24) is 15.2 Å². The first-order valence-electron chi connectivity index (χ1n) is 8.75. The number of hydrogen-bond donors (Lipinski definition) is 1. The molecule has 0 aliphatic carbocycles. The standard InChI is InChI=1S/C20H23ClN4O/c21-19-8-4-7-18(13-19)14-22-23-20(26)16-25-11-9-24(10-12-25)15-17-5-2-1-3-6-17/h1-8,13-14H,9-12,15-16H2,(H,23,26). The summed E-state index contributed by atoms with van der Waals surface area (Å²) in [6.07, 6.45) is 1.60. The fourth-order valence-corrected chi connectivity index (χ4v) is 3.15. The summed E-state index contributed by atoms with van der Waals surface area (Å²) in [4.78, 5) is 16.6. The zero-order chi connectivity index (χ0) is 18.2. The second kappa shape index (κ2) is 9.48. The van der Waals surface area contributed by atoms with Crippen LogP contribution in [0.5, 0.6) is 0 Å². The van der Waals surface area contributed by atoms with Gasteiger partial charge in [0, 0.05) is 37.7 Å². The molecule has 0 spiro atoms. The lowest BCUT2D eigenvalue weighted by Gasteiger charge is -2.34. The van der Waals surface area contributed by atoms with Crippen molar-refractivity contribution in [3.05, 3.63) is 70.7 Å². The van der Waals surface area contributed by atoms with E-state index in [1.165, 1.54) is 5.56 Å². The lowest BCUT2D eigenvalue weighted by Crippen LogP contribution is -2.48. The first-order chi connectivity index (χ1) is 12.7. The Kier molecular flexibility index (Phi) is 6.77. The van der Waals surface area contributed by atoms with Gasteiger partial charge in [0.15, 0.2) is 0 Å². The Morgan fingerprint density at radius 3 is 2.50 bits per heavy atom. The molecular formula is C20H23ClN4O. The highest BCUT2D eigenvalue weighted by molar-refractivity contribution is 6.30. The molecule has 5 nitrogen and oxygen atoms in total. The largest absolute Gasteiger partial charge is 0.297 e. The minimum atomic E-state index is -0.0974. The molecular weight excluding hydrogens is 348 g/mol. The van der Waals surface area contributed by atoms with Crippen LogP contribution in [0.2, 0.25) is 5.02 Å². The molecule has 1 amide bonds. The van der Waals surface area contributed by atoms with E-state index >= 15 is 0 Å². The minimum Gasteiger partial charge on any atom is -0.297 e. The molecule has 0 unspecified atom stereocenters. The maximum Gasteiger partial charge on any atom is 0.254 e. The number of rotatable bonds is 6. The predicted octanol–water partition coefficient (Wildman–Crippen LogP) is 2.61. The lowest BCUT2D eigenvalue weighted by molar-refractivity contribution is -0.122. The van der Waals surface area contributed by atoms with E-state index in [0.717, 1.165) is 38.3 Å². The Labute approximate surface area is 159 Å². The second-order valence-electron chi connectivity index (χ2n) is 6.39. The van der Waals surface area contributed by atoms with Crippen LogP contribution in [0.3, 0.4) is 0 Å². The molecule has 0 saturated carbocycles. The number of nitrogens with zero attached hydrogens (tertiary/aromatic N) is 3. The van der Waals surface area contributed by atoms with Crippen molar-refractivity contribution in [3.63, 3.8) is 0 Å². The molecule has 136 valence electrons. The number of halogens is 1. The molecule has 2 aromatic rings. The van der Waals surface area contributed by atoms with Crippen molar-refractivity contribution >= 4 is 23.7 Å². The molecule has 1 N–H and O–H groups in total. The highest BCUT2D eigenvalue weighted by atomic mass is 35.5. The first kappa shape index (κ1) is 18.6. The molecule has 0 atom stereocenters. The Balaban J connectivity index is 1.38. The molecule has 1 aliphatic rings. The molecule has 1 heterocycles. The topological polar surface area (TPSA) is 47.9 Å². The van der Waals surface area contributed by atoms with Gasteiger partial charge in [0.2, 0.25) is 0 Å². The van der Waals surface area contributed by atoms with E-state index in [4.69, 9.17) is 11.6 Å². The Morgan fingerprint density at radius 2 is 1.77 bits per heavy atom. The normalized spacial score (nSPS) is 16.0. The zero-order valence-corrected chi connectivity index (χ0v) is 15.4. The monoisotopic (exact) mass is 370 g/mol. The van der Waals surface area contributed by atoms with Crippen molar-refractivity contribution in [2.45, 2.75) is 6.54 Å². The zero-order valence-electron chi connectivity index (χ0n) is 14.6. The van der Waals surface area contributed by atoms with Crippen molar-refractivity contribution < 1.29 is 4.79 Å². The van der Waals surface area contributed by atoms with E-state index in [0.29, 0.717) is 11.6 Å². The van der Waals surface area contributed by atoms with Crippen LogP contribution in [0, 0.1) is 0 Å². The van der Waals surface area contributed by atoms with Gasteiger partial charge in [-0.2, -0.15) is 5.10 Å². The number of hydrazone groups is 1. The summed E-state index contributed by atoms with van der Waals surface area (Å²) in [6.45, 7) is 5.04. The van der Waals surface area contributed by atoms with Gasteiger partial charge < -0.3 is 0 Å². The Hall–Kier alpha value is -2.21. The van der Waals surface area contributed by atoms with Crippen molar-refractivity contribution in [3.8, 4) is 0 Å². The number of amides is 1. The molecule has 1 fully saturated rings. The van der Waals surface area contributed by atoms with Crippen LogP contribution in [0.15, 0.2) is 59.7 Å². The highest BCUT2D eigenvalue weighted by Gasteiger charge is 2.18. The summed E-state index contributed by atoms with van der Waals surface area (Å²) < 4.78 is 0. The van der Waals surface area contributed by atoms with Gasteiger partial charge in [0.05, 0.1) is 12.8 Å². The van der Waals surface area contributed by atoms with E-state index < -0.39 is 0 Å². The fourth-order valence-electron chi connectivity index (χ4n) is 2.95.